The molecule has 1 aromatic rings. The molecule has 3 rings (SSSR count). The van der Waals surface area contributed by atoms with Crippen molar-refractivity contribution in [3.8, 4) is 0 Å². The molecule has 1 aliphatic heterocycles. The normalized spacial score (nSPS) is 20.2. The number of aromatic nitrogens is 1. The Labute approximate surface area is 126 Å². The summed E-state index contributed by atoms with van der Waals surface area (Å²) in [6, 6.07) is 4.95. The zero-order chi connectivity index (χ0) is 14.5. The van der Waals surface area contributed by atoms with Gasteiger partial charge in [0.1, 0.15) is 0 Å². The van der Waals surface area contributed by atoms with Crippen molar-refractivity contribution in [3.05, 3.63) is 30.1 Å². The van der Waals surface area contributed by atoms with E-state index in [-0.39, 0.29) is 6.03 Å². The van der Waals surface area contributed by atoms with Crippen molar-refractivity contribution in [1.82, 2.24) is 20.5 Å². The van der Waals surface area contributed by atoms with E-state index in [4.69, 9.17) is 0 Å². The third-order valence-corrected chi connectivity index (χ3v) is 4.30. The van der Waals surface area contributed by atoms with Gasteiger partial charge in [-0.2, -0.15) is 0 Å². The second-order valence-electron chi connectivity index (χ2n) is 6.11. The zero-order valence-electron chi connectivity index (χ0n) is 12.4. The van der Waals surface area contributed by atoms with Crippen LogP contribution in [-0.2, 0) is 6.42 Å². The average Bonchev–Trinajstić information content (AvgIpc) is 3.31. The van der Waals surface area contributed by atoms with Crippen LogP contribution in [0.3, 0.4) is 0 Å². The highest BCUT2D eigenvalue weighted by atomic mass is 16.2. The van der Waals surface area contributed by atoms with E-state index in [0.717, 1.165) is 51.7 Å². The Morgan fingerprint density at radius 1 is 1.10 bits per heavy atom. The van der Waals surface area contributed by atoms with Gasteiger partial charge in [0.15, 0.2) is 0 Å². The Kier molecular flexibility index (Phi) is 4.70. The Bertz CT molecular complexity index is 453. The first-order valence-electron chi connectivity index (χ1n) is 7.98. The first-order chi connectivity index (χ1) is 10.3. The number of piperidine rings is 1. The molecular weight excluding hydrogens is 264 g/mol. The minimum atomic E-state index is 0.0211. The minimum absolute atomic E-state index is 0.0211. The van der Waals surface area contributed by atoms with Crippen LogP contribution < -0.4 is 10.6 Å². The van der Waals surface area contributed by atoms with E-state index in [1.165, 1.54) is 5.56 Å². The first kappa shape index (κ1) is 14.3. The topological polar surface area (TPSA) is 57.3 Å². The molecule has 1 aromatic heterocycles. The van der Waals surface area contributed by atoms with Crippen LogP contribution in [0, 0.1) is 0 Å². The lowest BCUT2D eigenvalue weighted by molar-refractivity contribution is 0.193. The standard InChI is InChI=1S/C16H24N4O/c21-16(18-14-1-2-14)19-15-6-11-20(12-7-15)10-5-13-3-8-17-9-4-13/h3-4,8-9,14-15H,1-2,5-7,10-12H2,(H2,18,19,21). The van der Waals surface area contributed by atoms with Crippen molar-refractivity contribution in [2.45, 2.75) is 44.2 Å². The van der Waals surface area contributed by atoms with E-state index in [1.807, 2.05) is 12.4 Å². The summed E-state index contributed by atoms with van der Waals surface area (Å²) in [5.41, 5.74) is 1.34. The molecule has 0 aromatic carbocycles. The number of urea groups is 1. The van der Waals surface area contributed by atoms with Gasteiger partial charge in [0.2, 0.25) is 0 Å². The maximum Gasteiger partial charge on any atom is 0.315 e. The van der Waals surface area contributed by atoms with Gasteiger partial charge in [-0.05, 0) is 49.8 Å². The lowest BCUT2D eigenvalue weighted by atomic mass is 10.0. The molecule has 2 amide bonds. The summed E-state index contributed by atoms with van der Waals surface area (Å²) in [6.45, 7) is 3.23. The molecule has 5 heteroatoms. The van der Waals surface area contributed by atoms with Crippen molar-refractivity contribution in [2.24, 2.45) is 0 Å². The van der Waals surface area contributed by atoms with Gasteiger partial charge in [0, 0.05) is 44.1 Å². The van der Waals surface area contributed by atoms with Crippen molar-refractivity contribution >= 4 is 6.03 Å². The quantitative estimate of drug-likeness (QED) is 0.864. The van der Waals surface area contributed by atoms with E-state index in [0.29, 0.717) is 12.1 Å². The Hall–Kier alpha value is -1.62. The predicted molar refractivity (Wildman–Crippen MR) is 82.1 cm³/mol. The number of carbonyl (C=O) groups excluding carboxylic acids is 1. The molecular formula is C16H24N4O. The minimum Gasteiger partial charge on any atom is -0.335 e. The van der Waals surface area contributed by atoms with Crippen molar-refractivity contribution in [3.63, 3.8) is 0 Å². The van der Waals surface area contributed by atoms with Gasteiger partial charge in [-0.3, -0.25) is 4.98 Å². The third-order valence-electron chi connectivity index (χ3n) is 4.30. The second-order valence-corrected chi connectivity index (χ2v) is 6.11. The largest absolute Gasteiger partial charge is 0.335 e. The molecule has 0 atom stereocenters. The number of rotatable bonds is 5. The molecule has 2 fully saturated rings. The molecule has 114 valence electrons. The van der Waals surface area contributed by atoms with Crippen LogP contribution in [0.4, 0.5) is 4.79 Å². The molecule has 2 aliphatic rings. The number of hydrogen-bond acceptors (Lipinski definition) is 3. The number of likely N-dealkylation sites (tertiary alicyclic amines) is 1. The summed E-state index contributed by atoms with van der Waals surface area (Å²) in [5, 5.41) is 6.09. The van der Waals surface area contributed by atoms with Crippen LogP contribution in [-0.4, -0.2) is 47.6 Å². The van der Waals surface area contributed by atoms with E-state index in [9.17, 15) is 4.79 Å². The maximum atomic E-state index is 11.7. The van der Waals surface area contributed by atoms with Crippen molar-refractivity contribution in [2.75, 3.05) is 19.6 Å². The van der Waals surface area contributed by atoms with Gasteiger partial charge in [-0.1, -0.05) is 0 Å². The lowest BCUT2D eigenvalue weighted by Gasteiger charge is -2.32. The Morgan fingerprint density at radius 2 is 1.71 bits per heavy atom. The Morgan fingerprint density at radius 3 is 2.33 bits per heavy atom. The lowest BCUT2D eigenvalue weighted by Crippen LogP contribution is -2.48. The van der Waals surface area contributed by atoms with Gasteiger partial charge >= 0.3 is 6.03 Å². The molecule has 0 radical (unpaired) electrons. The molecule has 0 bridgehead atoms. The maximum absolute atomic E-state index is 11.7. The highest BCUT2D eigenvalue weighted by Gasteiger charge is 2.25. The van der Waals surface area contributed by atoms with Crippen LogP contribution in [0.15, 0.2) is 24.5 Å². The molecule has 2 heterocycles. The summed E-state index contributed by atoms with van der Waals surface area (Å²) in [5.74, 6) is 0. The number of hydrogen-bond donors (Lipinski definition) is 2. The van der Waals surface area contributed by atoms with Crippen molar-refractivity contribution in [1.29, 1.82) is 0 Å². The number of pyridine rings is 1. The fourth-order valence-corrected chi connectivity index (χ4v) is 2.78. The van der Waals surface area contributed by atoms with E-state index in [1.54, 1.807) is 0 Å². The van der Waals surface area contributed by atoms with Crippen LogP contribution >= 0.6 is 0 Å². The molecule has 5 nitrogen and oxygen atoms in total. The summed E-state index contributed by atoms with van der Waals surface area (Å²) >= 11 is 0. The van der Waals surface area contributed by atoms with Gasteiger partial charge in [-0.25, -0.2) is 4.79 Å². The first-order valence-corrected chi connectivity index (χ1v) is 7.98. The van der Waals surface area contributed by atoms with E-state index < -0.39 is 0 Å². The van der Waals surface area contributed by atoms with Gasteiger partial charge in [0.05, 0.1) is 0 Å². The number of carbonyl (C=O) groups is 1. The highest BCUT2D eigenvalue weighted by molar-refractivity contribution is 5.74. The van der Waals surface area contributed by atoms with Crippen LogP contribution in [0.1, 0.15) is 31.2 Å². The van der Waals surface area contributed by atoms with Gasteiger partial charge in [-0.15, -0.1) is 0 Å². The Balaban J connectivity index is 1.33. The fourth-order valence-electron chi connectivity index (χ4n) is 2.78. The third kappa shape index (κ3) is 4.70. The molecule has 1 aliphatic carbocycles. The molecule has 21 heavy (non-hydrogen) atoms. The summed E-state index contributed by atoms with van der Waals surface area (Å²) in [7, 11) is 0. The van der Waals surface area contributed by atoms with Gasteiger partial charge < -0.3 is 15.5 Å². The molecule has 0 spiro atoms. The number of nitrogens with zero attached hydrogens (tertiary/aromatic N) is 2. The fraction of sp³-hybridized carbons (Fsp3) is 0.625. The number of amides is 2. The average molecular weight is 288 g/mol. The van der Waals surface area contributed by atoms with Crippen LogP contribution in [0.5, 0.6) is 0 Å². The summed E-state index contributed by atoms with van der Waals surface area (Å²) in [4.78, 5) is 18.2. The monoisotopic (exact) mass is 288 g/mol. The SMILES string of the molecule is O=C(NC1CC1)NC1CCN(CCc2ccncc2)CC1. The summed E-state index contributed by atoms with van der Waals surface area (Å²) in [6.07, 6.45) is 9.15. The molecule has 1 saturated heterocycles. The van der Waals surface area contributed by atoms with Crippen molar-refractivity contribution < 1.29 is 4.79 Å². The highest BCUT2D eigenvalue weighted by Crippen LogP contribution is 2.18. The van der Waals surface area contributed by atoms with E-state index in [2.05, 4.69) is 32.7 Å². The second kappa shape index (κ2) is 6.89. The van der Waals surface area contributed by atoms with E-state index >= 15 is 0 Å². The summed E-state index contributed by atoms with van der Waals surface area (Å²) < 4.78 is 0. The molecule has 1 saturated carbocycles. The van der Waals surface area contributed by atoms with Crippen LogP contribution in [0.25, 0.3) is 0 Å². The molecule has 2 N–H and O–H groups in total. The van der Waals surface area contributed by atoms with Gasteiger partial charge in [0.25, 0.3) is 0 Å². The molecule has 0 unspecified atom stereocenters. The van der Waals surface area contributed by atoms with Crippen LogP contribution in [0.2, 0.25) is 0 Å². The zero-order valence-corrected chi connectivity index (χ0v) is 12.4. The number of nitrogens with one attached hydrogen (secondary N) is 2. The smallest absolute Gasteiger partial charge is 0.315 e. The predicted octanol–water partition coefficient (Wildman–Crippen LogP) is 1.55.